The second-order valence-corrected chi connectivity index (χ2v) is 5.21. The zero-order chi connectivity index (χ0) is 17.5. The molecule has 2 aromatic carbocycles. The van der Waals surface area contributed by atoms with Crippen molar-refractivity contribution < 1.29 is 19.0 Å². The molecule has 0 aliphatic rings. The number of benzene rings is 2. The Morgan fingerprint density at radius 1 is 1.00 bits per heavy atom. The lowest BCUT2D eigenvalue weighted by Crippen LogP contribution is -2.25. The van der Waals surface area contributed by atoms with Crippen LogP contribution in [0.5, 0.6) is 17.2 Å². The predicted molar refractivity (Wildman–Crippen MR) is 99.8 cm³/mol. The predicted octanol–water partition coefficient (Wildman–Crippen LogP) is 2.58. The van der Waals surface area contributed by atoms with Gasteiger partial charge in [0.25, 0.3) is 0 Å². The van der Waals surface area contributed by atoms with Crippen LogP contribution in [-0.4, -0.2) is 27.2 Å². The maximum Gasteiger partial charge on any atom is 0.224 e. The van der Waals surface area contributed by atoms with Gasteiger partial charge in [0.1, 0.15) is 17.2 Å². The van der Waals surface area contributed by atoms with E-state index in [1.165, 1.54) is 0 Å². The molecule has 0 spiro atoms. The summed E-state index contributed by atoms with van der Waals surface area (Å²) in [7, 11) is 4.70. The number of rotatable bonds is 7. The van der Waals surface area contributed by atoms with Crippen LogP contribution in [0.4, 0.5) is 5.69 Å². The van der Waals surface area contributed by atoms with E-state index in [1.807, 2.05) is 12.1 Å². The van der Waals surface area contributed by atoms with Gasteiger partial charge in [0.2, 0.25) is 5.91 Å². The van der Waals surface area contributed by atoms with Crippen molar-refractivity contribution in [3.63, 3.8) is 0 Å². The number of carbonyl (C=O) groups is 1. The molecule has 2 aromatic rings. The summed E-state index contributed by atoms with van der Waals surface area (Å²) in [6, 6.07) is 10.7. The number of hydrogen-bond donors (Lipinski definition) is 2. The Bertz CT molecular complexity index is 680. The fourth-order valence-corrected chi connectivity index (χ4v) is 2.32. The summed E-state index contributed by atoms with van der Waals surface area (Å²) in [4.78, 5) is 12.1. The fraction of sp³-hybridized carbons (Fsp3) is 0.278. The normalized spacial score (nSPS) is 9.72. The van der Waals surface area contributed by atoms with Crippen molar-refractivity contribution >= 4 is 24.0 Å². The van der Waals surface area contributed by atoms with Crippen LogP contribution in [-0.2, 0) is 17.8 Å². The maximum absolute atomic E-state index is 12.1. The smallest absolute Gasteiger partial charge is 0.224 e. The van der Waals surface area contributed by atoms with E-state index in [0.717, 1.165) is 11.1 Å². The first-order chi connectivity index (χ1) is 11.6. The maximum atomic E-state index is 12.1. The van der Waals surface area contributed by atoms with E-state index in [1.54, 1.807) is 45.6 Å². The van der Waals surface area contributed by atoms with E-state index in [2.05, 4.69) is 5.32 Å². The van der Waals surface area contributed by atoms with Crippen molar-refractivity contribution in [2.24, 2.45) is 0 Å². The number of nitrogens with one attached hydrogen (secondary N) is 1. The van der Waals surface area contributed by atoms with Crippen LogP contribution in [0, 0.1) is 0 Å². The van der Waals surface area contributed by atoms with Crippen molar-refractivity contribution in [3.05, 3.63) is 47.5 Å². The number of nitrogens with two attached hydrogens (primary N) is 1. The molecular formula is C18H23ClN2O4. The molecule has 0 radical (unpaired) electrons. The fourth-order valence-electron chi connectivity index (χ4n) is 2.32. The molecule has 136 valence electrons. The molecule has 25 heavy (non-hydrogen) atoms. The van der Waals surface area contributed by atoms with Crippen LogP contribution < -0.4 is 25.3 Å². The third-order valence-electron chi connectivity index (χ3n) is 3.62. The van der Waals surface area contributed by atoms with E-state index in [0.29, 0.717) is 29.5 Å². The van der Waals surface area contributed by atoms with Crippen molar-refractivity contribution in [2.75, 3.05) is 27.1 Å². The molecule has 0 heterocycles. The number of carbonyl (C=O) groups excluding carboxylic acids is 1. The summed E-state index contributed by atoms with van der Waals surface area (Å²) in [6.45, 7) is 0.296. The summed E-state index contributed by atoms with van der Waals surface area (Å²) in [5.41, 5.74) is 7.97. The molecule has 2 rings (SSSR count). The number of methoxy groups -OCH3 is 3. The second-order valence-electron chi connectivity index (χ2n) is 5.21. The van der Waals surface area contributed by atoms with Crippen LogP contribution in [0.3, 0.4) is 0 Å². The number of nitrogen functional groups attached to an aromatic ring is 1. The van der Waals surface area contributed by atoms with Gasteiger partial charge >= 0.3 is 0 Å². The van der Waals surface area contributed by atoms with Crippen molar-refractivity contribution in [2.45, 2.75) is 13.0 Å². The number of halogens is 1. The van der Waals surface area contributed by atoms with Crippen molar-refractivity contribution in [3.8, 4) is 17.2 Å². The van der Waals surface area contributed by atoms with E-state index >= 15 is 0 Å². The van der Waals surface area contributed by atoms with Gasteiger partial charge in [0.05, 0.1) is 39.9 Å². The summed E-state index contributed by atoms with van der Waals surface area (Å²) in [6.07, 6.45) is 0.279. The van der Waals surface area contributed by atoms with E-state index in [4.69, 9.17) is 19.9 Å². The van der Waals surface area contributed by atoms with Gasteiger partial charge in [-0.25, -0.2) is 0 Å². The Balaban J connectivity index is 0.00000312. The van der Waals surface area contributed by atoms with Crippen LogP contribution in [0.1, 0.15) is 11.1 Å². The topological polar surface area (TPSA) is 82.8 Å². The number of anilines is 1. The second kappa shape index (κ2) is 9.64. The van der Waals surface area contributed by atoms with Crippen LogP contribution in [0.15, 0.2) is 36.4 Å². The molecule has 0 fully saturated rings. The number of hydrogen-bond acceptors (Lipinski definition) is 5. The number of ether oxygens (including phenoxy) is 3. The molecular weight excluding hydrogens is 344 g/mol. The standard InChI is InChI=1S/C18H22N2O4.ClH/c1-22-14-9-16(23-2)15(17(10-14)24-3)11-20-18(21)8-12-4-6-13(19)7-5-12;/h4-7,9-10H,8,11,19H2,1-3H3,(H,20,21);1H. The minimum absolute atomic E-state index is 0. The Morgan fingerprint density at radius 3 is 2.04 bits per heavy atom. The highest BCUT2D eigenvalue weighted by Gasteiger charge is 2.14. The van der Waals surface area contributed by atoms with Gasteiger partial charge < -0.3 is 25.3 Å². The molecule has 0 saturated heterocycles. The van der Waals surface area contributed by atoms with Crippen molar-refractivity contribution in [1.29, 1.82) is 0 Å². The largest absolute Gasteiger partial charge is 0.496 e. The van der Waals surface area contributed by atoms with E-state index in [-0.39, 0.29) is 24.7 Å². The molecule has 0 saturated carbocycles. The lowest BCUT2D eigenvalue weighted by molar-refractivity contribution is -0.120. The van der Waals surface area contributed by atoms with Crippen LogP contribution in [0.25, 0.3) is 0 Å². The average Bonchev–Trinajstić information content (AvgIpc) is 2.61. The molecule has 0 atom stereocenters. The molecule has 7 heteroatoms. The van der Waals surface area contributed by atoms with Gasteiger partial charge in [-0.2, -0.15) is 0 Å². The Hall–Kier alpha value is -2.60. The first-order valence-electron chi connectivity index (χ1n) is 7.47. The summed E-state index contributed by atoms with van der Waals surface area (Å²) < 4.78 is 15.9. The molecule has 0 bridgehead atoms. The SMILES string of the molecule is COc1cc(OC)c(CNC(=O)Cc2ccc(N)cc2)c(OC)c1.Cl. The monoisotopic (exact) mass is 366 g/mol. The molecule has 0 aliphatic heterocycles. The average molecular weight is 367 g/mol. The van der Waals surface area contributed by atoms with Gasteiger partial charge in [-0.3, -0.25) is 4.79 Å². The Kier molecular flexibility index (Phi) is 7.88. The minimum atomic E-state index is -0.0975. The van der Waals surface area contributed by atoms with Gasteiger partial charge in [-0.15, -0.1) is 12.4 Å². The van der Waals surface area contributed by atoms with E-state index < -0.39 is 0 Å². The zero-order valence-corrected chi connectivity index (χ0v) is 15.3. The first kappa shape index (κ1) is 20.4. The molecule has 0 aliphatic carbocycles. The first-order valence-corrected chi connectivity index (χ1v) is 7.47. The quantitative estimate of drug-likeness (QED) is 0.736. The third kappa shape index (κ3) is 5.46. The Morgan fingerprint density at radius 2 is 1.56 bits per heavy atom. The highest BCUT2D eigenvalue weighted by atomic mass is 35.5. The summed E-state index contributed by atoms with van der Waals surface area (Å²) in [5.74, 6) is 1.72. The lowest BCUT2D eigenvalue weighted by Gasteiger charge is -2.15. The third-order valence-corrected chi connectivity index (χ3v) is 3.62. The van der Waals surface area contributed by atoms with Gasteiger partial charge in [-0.05, 0) is 17.7 Å². The molecule has 3 N–H and O–H groups in total. The van der Waals surface area contributed by atoms with Gasteiger partial charge in [0, 0.05) is 17.8 Å². The molecule has 6 nitrogen and oxygen atoms in total. The zero-order valence-electron chi connectivity index (χ0n) is 14.5. The van der Waals surface area contributed by atoms with Gasteiger partial charge in [-0.1, -0.05) is 12.1 Å². The highest BCUT2D eigenvalue weighted by molar-refractivity contribution is 5.85. The highest BCUT2D eigenvalue weighted by Crippen LogP contribution is 2.33. The summed E-state index contributed by atoms with van der Waals surface area (Å²) >= 11 is 0. The number of amides is 1. The molecule has 1 amide bonds. The Labute approximate surface area is 153 Å². The van der Waals surface area contributed by atoms with Crippen LogP contribution >= 0.6 is 12.4 Å². The van der Waals surface area contributed by atoms with Crippen molar-refractivity contribution in [1.82, 2.24) is 5.32 Å². The molecule has 0 aromatic heterocycles. The van der Waals surface area contributed by atoms with Crippen LogP contribution in [0.2, 0.25) is 0 Å². The molecule has 0 unspecified atom stereocenters. The van der Waals surface area contributed by atoms with E-state index in [9.17, 15) is 4.79 Å². The lowest BCUT2D eigenvalue weighted by atomic mass is 10.1. The minimum Gasteiger partial charge on any atom is -0.496 e. The summed E-state index contributed by atoms with van der Waals surface area (Å²) in [5, 5.41) is 2.88. The van der Waals surface area contributed by atoms with Gasteiger partial charge in [0.15, 0.2) is 0 Å².